The third-order valence-corrected chi connectivity index (χ3v) is 8.04. The van der Waals surface area contributed by atoms with Crippen LogP contribution < -0.4 is 4.72 Å². The van der Waals surface area contributed by atoms with Crippen LogP contribution in [0.3, 0.4) is 0 Å². The van der Waals surface area contributed by atoms with Crippen molar-refractivity contribution in [1.29, 1.82) is 0 Å². The second-order valence-electron chi connectivity index (χ2n) is 6.55. The predicted octanol–water partition coefficient (Wildman–Crippen LogP) is 2.24. The number of nitrogens with one attached hydrogen (secondary N) is 1. The van der Waals surface area contributed by atoms with Gasteiger partial charge in [-0.1, -0.05) is 11.6 Å². The molecule has 2 saturated heterocycles. The van der Waals surface area contributed by atoms with E-state index < -0.39 is 10.0 Å². The Morgan fingerprint density at radius 2 is 1.96 bits per heavy atom. The molecule has 2 fully saturated rings. The first-order valence-electron chi connectivity index (χ1n) is 8.14. The Morgan fingerprint density at radius 3 is 2.61 bits per heavy atom. The third-order valence-electron chi connectivity index (χ3n) is 4.79. The number of nitrogens with zero attached hydrogens (tertiary/aromatic N) is 2. The van der Waals surface area contributed by atoms with E-state index in [1.807, 2.05) is 0 Å². The van der Waals surface area contributed by atoms with Crippen molar-refractivity contribution in [2.75, 3.05) is 33.2 Å². The summed E-state index contributed by atoms with van der Waals surface area (Å²) in [7, 11) is -1.29. The number of thiophene rings is 1. The van der Waals surface area contributed by atoms with E-state index >= 15 is 0 Å². The Balaban J connectivity index is 1.60. The number of hydrogen-bond acceptors (Lipinski definition) is 5. The molecule has 0 aliphatic carbocycles. The van der Waals surface area contributed by atoms with Crippen molar-refractivity contribution in [3.8, 4) is 0 Å². The molecule has 1 aromatic heterocycles. The monoisotopic (exact) mass is 377 g/mol. The number of piperidine rings is 2. The first kappa shape index (κ1) is 17.6. The van der Waals surface area contributed by atoms with Gasteiger partial charge in [0.05, 0.1) is 4.34 Å². The minimum Gasteiger partial charge on any atom is -0.306 e. The van der Waals surface area contributed by atoms with Crippen LogP contribution in [0, 0.1) is 0 Å². The summed E-state index contributed by atoms with van der Waals surface area (Å²) in [6.45, 7) is 4.15. The molecule has 0 saturated carbocycles. The number of rotatable bonds is 4. The summed E-state index contributed by atoms with van der Waals surface area (Å²) in [6, 6.07) is 3.79. The highest BCUT2D eigenvalue weighted by atomic mass is 35.5. The van der Waals surface area contributed by atoms with E-state index in [1.165, 1.54) is 12.8 Å². The van der Waals surface area contributed by atoms with Crippen molar-refractivity contribution in [3.05, 3.63) is 16.5 Å². The molecule has 0 bridgehead atoms. The maximum Gasteiger partial charge on any atom is 0.250 e. The topological polar surface area (TPSA) is 52.6 Å². The summed E-state index contributed by atoms with van der Waals surface area (Å²) in [6.07, 6.45) is 4.30. The zero-order valence-electron chi connectivity index (χ0n) is 13.4. The Bertz CT molecular complexity index is 626. The van der Waals surface area contributed by atoms with Gasteiger partial charge in [-0.05, 0) is 64.5 Å². The van der Waals surface area contributed by atoms with Gasteiger partial charge < -0.3 is 4.90 Å². The Hall–Kier alpha value is -0.180. The van der Waals surface area contributed by atoms with Gasteiger partial charge in [0, 0.05) is 18.6 Å². The van der Waals surface area contributed by atoms with Crippen molar-refractivity contribution in [1.82, 2.24) is 14.5 Å². The number of likely N-dealkylation sites (tertiary alicyclic amines) is 2. The normalized spacial score (nSPS) is 25.7. The molecule has 0 spiro atoms. The van der Waals surface area contributed by atoms with E-state index in [4.69, 9.17) is 11.6 Å². The maximum absolute atomic E-state index is 12.5. The SMILES string of the molecule is CN1CCC(N2CCCC(NS(=O)(=O)c3ccc(Cl)s3)C2)CC1. The molecule has 5 nitrogen and oxygen atoms in total. The van der Waals surface area contributed by atoms with Crippen LogP contribution in [0.5, 0.6) is 0 Å². The molecule has 2 aliphatic heterocycles. The van der Waals surface area contributed by atoms with Crippen molar-refractivity contribution in [2.45, 2.75) is 42.0 Å². The summed E-state index contributed by atoms with van der Waals surface area (Å²) in [4.78, 5) is 4.84. The highest BCUT2D eigenvalue weighted by Crippen LogP contribution is 2.27. The molecule has 130 valence electrons. The average Bonchev–Trinajstić information content (AvgIpc) is 2.95. The van der Waals surface area contributed by atoms with E-state index in [9.17, 15) is 8.42 Å². The lowest BCUT2D eigenvalue weighted by Gasteiger charge is -2.41. The lowest BCUT2D eigenvalue weighted by Crippen LogP contribution is -2.53. The Labute approximate surface area is 147 Å². The molecule has 0 amide bonds. The van der Waals surface area contributed by atoms with Crippen molar-refractivity contribution in [3.63, 3.8) is 0 Å². The molecule has 0 aromatic carbocycles. The van der Waals surface area contributed by atoms with Crippen LogP contribution in [0.15, 0.2) is 16.3 Å². The van der Waals surface area contributed by atoms with Gasteiger partial charge in [-0.15, -0.1) is 11.3 Å². The molecule has 3 rings (SSSR count). The first-order valence-corrected chi connectivity index (χ1v) is 10.8. The molecule has 3 heterocycles. The predicted molar refractivity (Wildman–Crippen MR) is 94.8 cm³/mol. The quantitative estimate of drug-likeness (QED) is 0.874. The first-order chi connectivity index (χ1) is 10.9. The summed E-state index contributed by atoms with van der Waals surface area (Å²) in [5.74, 6) is 0. The molecule has 1 aromatic rings. The van der Waals surface area contributed by atoms with Gasteiger partial charge in [-0.3, -0.25) is 4.90 Å². The van der Waals surface area contributed by atoms with Crippen molar-refractivity contribution in [2.24, 2.45) is 0 Å². The van der Waals surface area contributed by atoms with Gasteiger partial charge in [0.2, 0.25) is 10.0 Å². The van der Waals surface area contributed by atoms with E-state index in [-0.39, 0.29) is 6.04 Å². The Morgan fingerprint density at radius 1 is 1.22 bits per heavy atom. The van der Waals surface area contributed by atoms with E-state index in [1.54, 1.807) is 12.1 Å². The lowest BCUT2D eigenvalue weighted by molar-refractivity contribution is 0.0922. The molecule has 8 heteroatoms. The van der Waals surface area contributed by atoms with E-state index in [0.717, 1.165) is 50.4 Å². The van der Waals surface area contributed by atoms with Crippen LogP contribution in [-0.4, -0.2) is 63.5 Å². The summed E-state index contributed by atoms with van der Waals surface area (Å²) >= 11 is 6.97. The van der Waals surface area contributed by atoms with Crippen LogP contribution >= 0.6 is 22.9 Å². The van der Waals surface area contributed by atoms with E-state index in [0.29, 0.717) is 14.6 Å². The van der Waals surface area contributed by atoms with Gasteiger partial charge >= 0.3 is 0 Å². The van der Waals surface area contributed by atoms with Crippen molar-refractivity contribution < 1.29 is 8.42 Å². The molecular formula is C15H24ClN3O2S2. The third kappa shape index (κ3) is 4.46. The largest absolute Gasteiger partial charge is 0.306 e. The summed E-state index contributed by atoms with van der Waals surface area (Å²) in [5.41, 5.74) is 0. The second kappa shape index (κ2) is 7.37. The smallest absolute Gasteiger partial charge is 0.250 e. The molecule has 23 heavy (non-hydrogen) atoms. The molecule has 2 aliphatic rings. The summed E-state index contributed by atoms with van der Waals surface area (Å²) in [5, 5.41) is 0. The standard InChI is InChI=1S/C15H24ClN3O2S2/c1-18-9-6-13(7-10-18)19-8-2-3-12(11-19)17-23(20,21)15-5-4-14(16)22-15/h4-5,12-13,17H,2-3,6-11H2,1H3. The minimum absolute atomic E-state index is 0.00529. The zero-order valence-corrected chi connectivity index (χ0v) is 15.8. The van der Waals surface area contributed by atoms with Gasteiger partial charge in [-0.25, -0.2) is 13.1 Å². The van der Waals surface area contributed by atoms with Crippen LogP contribution in [0.4, 0.5) is 0 Å². The molecule has 0 radical (unpaired) electrons. The van der Waals surface area contributed by atoms with Crippen LogP contribution in [0.25, 0.3) is 0 Å². The summed E-state index contributed by atoms with van der Waals surface area (Å²) < 4.78 is 28.6. The minimum atomic E-state index is -3.45. The number of halogens is 1. The van der Waals surface area contributed by atoms with Crippen LogP contribution in [0.1, 0.15) is 25.7 Å². The van der Waals surface area contributed by atoms with Crippen LogP contribution in [0.2, 0.25) is 4.34 Å². The Kier molecular flexibility index (Phi) is 5.65. The molecular weight excluding hydrogens is 354 g/mol. The van der Waals surface area contributed by atoms with Crippen molar-refractivity contribution >= 4 is 33.0 Å². The number of hydrogen-bond donors (Lipinski definition) is 1. The lowest BCUT2D eigenvalue weighted by atomic mass is 9.98. The van der Waals surface area contributed by atoms with Gasteiger partial charge in [-0.2, -0.15) is 0 Å². The van der Waals surface area contributed by atoms with Gasteiger partial charge in [0.1, 0.15) is 4.21 Å². The average molecular weight is 378 g/mol. The van der Waals surface area contributed by atoms with Gasteiger partial charge in [0.15, 0.2) is 0 Å². The fourth-order valence-corrected chi connectivity index (χ4v) is 6.28. The highest BCUT2D eigenvalue weighted by molar-refractivity contribution is 7.91. The molecule has 1 unspecified atom stereocenters. The zero-order chi connectivity index (χ0) is 16.4. The molecule has 1 atom stereocenters. The number of sulfonamides is 1. The van der Waals surface area contributed by atoms with Crippen LogP contribution in [-0.2, 0) is 10.0 Å². The fraction of sp³-hybridized carbons (Fsp3) is 0.733. The highest BCUT2D eigenvalue weighted by Gasteiger charge is 2.30. The second-order valence-corrected chi connectivity index (χ2v) is 10.2. The fourth-order valence-electron chi connectivity index (χ4n) is 3.51. The van der Waals surface area contributed by atoms with E-state index in [2.05, 4.69) is 21.6 Å². The van der Waals surface area contributed by atoms with Gasteiger partial charge in [0.25, 0.3) is 0 Å². The maximum atomic E-state index is 12.5. The molecule has 1 N–H and O–H groups in total.